The highest BCUT2D eigenvalue weighted by Crippen LogP contribution is 2.10. The van der Waals surface area contributed by atoms with Crippen LogP contribution in [0.2, 0.25) is 0 Å². The first kappa shape index (κ1) is 11.9. The standard InChI is InChI=1S/C10H18BrN/c1-7(2)10(5)12-6-8(3)9(4)11/h6-7,10H,1-5H3/b9-8+,12-6-. The van der Waals surface area contributed by atoms with Crippen LogP contribution in [0, 0.1) is 5.92 Å². The van der Waals surface area contributed by atoms with Crippen molar-refractivity contribution in [2.45, 2.75) is 40.7 Å². The molecule has 0 aromatic heterocycles. The zero-order chi connectivity index (χ0) is 9.72. The third-order valence-electron chi connectivity index (χ3n) is 2.01. The molecule has 1 unspecified atom stereocenters. The van der Waals surface area contributed by atoms with Crippen molar-refractivity contribution < 1.29 is 0 Å². The molecule has 2 heteroatoms. The molecule has 0 fully saturated rings. The lowest BCUT2D eigenvalue weighted by atomic mass is 10.1. The molecule has 12 heavy (non-hydrogen) atoms. The van der Waals surface area contributed by atoms with Gasteiger partial charge in [0.25, 0.3) is 0 Å². The summed E-state index contributed by atoms with van der Waals surface area (Å²) in [5.41, 5.74) is 1.20. The van der Waals surface area contributed by atoms with Gasteiger partial charge in [-0.25, -0.2) is 0 Å². The maximum Gasteiger partial charge on any atom is 0.0494 e. The van der Waals surface area contributed by atoms with Crippen LogP contribution in [-0.4, -0.2) is 12.3 Å². The van der Waals surface area contributed by atoms with Crippen LogP contribution in [0.3, 0.4) is 0 Å². The summed E-state index contributed by atoms with van der Waals surface area (Å²) in [5, 5.41) is 0. The van der Waals surface area contributed by atoms with Crippen molar-refractivity contribution in [2.75, 3.05) is 0 Å². The molecule has 1 nitrogen and oxygen atoms in total. The van der Waals surface area contributed by atoms with Crippen LogP contribution < -0.4 is 0 Å². The molecule has 0 saturated heterocycles. The summed E-state index contributed by atoms with van der Waals surface area (Å²) < 4.78 is 1.15. The van der Waals surface area contributed by atoms with E-state index in [2.05, 4.69) is 48.6 Å². The lowest BCUT2D eigenvalue weighted by Gasteiger charge is -2.09. The summed E-state index contributed by atoms with van der Waals surface area (Å²) in [6.45, 7) is 10.6. The molecule has 0 radical (unpaired) electrons. The van der Waals surface area contributed by atoms with Gasteiger partial charge in [0.1, 0.15) is 0 Å². The van der Waals surface area contributed by atoms with E-state index in [-0.39, 0.29) is 0 Å². The minimum Gasteiger partial charge on any atom is -0.290 e. The van der Waals surface area contributed by atoms with Crippen molar-refractivity contribution >= 4 is 22.1 Å². The van der Waals surface area contributed by atoms with E-state index in [0.29, 0.717) is 12.0 Å². The molecule has 0 saturated carbocycles. The smallest absolute Gasteiger partial charge is 0.0494 e. The highest BCUT2D eigenvalue weighted by atomic mass is 79.9. The second-order valence-electron chi connectivity index (χ2n) is 3.48. The average molecular weight is 232 g/mol. The first-order valence-electron chi connectivity index (χ1n) is 4.31. The minimum atomic E-state index is 0.409. The van der Waals surface area contributed by atoms with Crippen molar-refractivity contribution in [1.82, 2.24) is 0 Å². The fourth-order valence-electron chi connectivity index (χ4n) is 0.490. The zero-order valence-corrected chi connectivity index (χ0v) is 10.1. The molecule has 0 aliphatic rings. The van der Waals surface area contributed by atoms with E-state index in [0.717, 1.165) is 4.48 Å². The molecule has 0 N–H and O–H groups in total. The molecular formula is C10H18BrN. The van der Waals surface area contributed by atoms with Crippen molar-refractivity contribution in [2.24, 2.45) is 10.9 Å². The van der Waals surface area contributed by atoms with Crippen LogP contribution in [0.15, 0.2) is 15.0 Å². The molecule has 0 spiro atoms. The maximum absolute atomic E-state index is 4.43. The fourth-order valence-corrected chi connectivity index (χ4v) is 0.593. The third-order valence-corrected chi connectivity index (χ3v) is 2.64. The van der Waals surface area contributed by atoms with Crippen molar-refractivity contribution in [3.63, 3.8) is 0 Å². The predicted molar refractivity (Wildman–Crippen MR) is 60.1 cm³/mol. The van der Waals surface area contributed by atoms with Crippen LogP contribution in [0.5, 0.6) is 0 Å². The Hall–Kier alpha value is -0.110. The summed E-state index contributed by atoms with van der Waals surface area (Å²) >= 11 is 3.42. The first-order chi connectivity index (χ1) is 5.45. The number of hydrogen-bond donors (Lipinski definition) is 0. The molecule has 0 aromatic rings. The Labute approximate surface area is 84.1 Å². The van der Waals surface area contributed by atoms with E-state index in [1.54, 1.807) is 0 Å². The van der Waals surface area contributed by atoms with E-state index < -0.39 is 0 Å². The molecule has 0 aliphatic heterocycles. The summed E-state index contributed by atoms with van der Waals surface area (Å²) in [4.78, 5) is 4.43. The van der Waals surface area contributed by atoms with Gasteiger partial charge in [-0.15, -0.1) is 0 Å². The van der Waals surface area contributed by atoms with Gasteiger partial charge in [0, 0.05) is 12.3 Å². The van der Waals surface area contributed by atoms with E-state index in [1.807, 2.05) is 13.1 Å². The number of allylic oxidation sites excluding steroid dienone is 2. The number of hydrogen-bond acceptors (Lipinski definition) is 1. The monoisotopic (exact) mass is 231 g/mol. The Morgan fingerprint density at radius 1 is 1.25 bits per heavy atom. The topological polar surface area (TPSA) is 12.4 Å². The molecule has 0 amide bonds. The molecule has 0 heterocycles. The lowest BCUT2D eigenvalue weighted by Crippen LogP contribution is -2.07. The average Bonchev–Trinajstić information content (AvgIpc) is 1.98. The Morgan fingerprint density at radius 2 is 1.75 bits per heavy atom. The van der Waals surface area contributed by atoms with Crippen LogP contribution in [0.25, 0.3) is 0 Å². The van der Waals surface area contributed by atoms with Gasteiger partial charge in [-0.1, -0.05) is 29.8 Å². The second kappa shape index (κ2) is 5.52. The summed E-state index contributed by atoms with van der Waals surface area (Å²) in [5.74, 6) is 0.615. The molecular weight excluding hydrogens is 214 g/mol. The van der Waals surface area contributed by atoms with Gasteiger partial charge in [0.2, 0.25) is 0 Å². The van der Waals surface area contributed by atoms with E-state index in [1.165, 1.54) is 5.57 Å². The highest BCUT2D eigenvalue weighted by Gasteiger charge is 2.02. The third kappa shape index (κ3) is 4.70. The van der Waals surface area contributed by atoms with Gasteiger partial charge < -0.3 is 0 Å². The molecule has 0 aliphatic carbocycles. The molecule has 0 aromatic carbocycles. The highest BCUT2D eigenvalue weighted by molar-refractivity contribution is 9.11. The Balaban J connectivity index is 4.17. The van der Waals surface area contributed by atoms with E-state index in [9.17, 15) is 0 Å². The van der Waals surface area contributed by atoms with Gasteiger partial charge >= 0.3 is 0 Å². The molecule has 0 rings (SSSR count). The van der Waals surface area contributed by atoms with E-state index >= 15 is 0 Å². The van der Waals surface area contributed by atoms with Crippen molar-refractivity contribution in [1.29, 1.82) is 0 Å². The summed E-state index contributed by atoms with van der Waals surface area (Å²) in [6, 6.07) is 0.409. The number of nitrogens with zero attached hydrogens (tertiary/aromatic N) is 1. The van der Waals surface area contributed by atoms with Crippen LogP contribution >= 0.6 is 15.9 Å². The molecule has 1 atom stereocenters. The zero-order valence-electron chi connectivity index (χ0n) is 8.56. The van der Waals surface area contributed by atoms with Crippen molar-refractivity contribution in [3.05, 3.63) is 10.1 Å². The first-order valence-corrected chi connectivity index (χ1v) is 5.10. The molecule has 70 valence electrons. The molecule has 0 bridgehead atoms. The summed E-state index contributed by atoms with van der Waals surface area (Å²) in [7, 11) is 0. The second-order valence-corrected chi connectivity index (χ2v) is 4.67. The Morgan fingerprint density at radius 3 is 2.08 bits per heavy atom. The van der Waals surface area contributed by atoms with Gasteiger partial charge in [-0.3, -0.25) is 4.99 Å². The minimum absolute atomic E-state index is 0.409. The normalized spacial score (nSPS) is 16.9. The number of aliphatic imine (C=N–C) groups is 1. The van der Waals surface area contributed by atoms with Gasteiger partial charge in [-0.05, 0) is 36.7 Å². The maximum atomic E-state index is 4.43. The van der Waals surface area contributed by atoms with Crippen molar-refractivity contribution in [3.8, 4) is 0 Å². The van der Waals surface area contributed by atoms with Gasteiger partial charge in [-0.2, -0.15) is 0 Å². The number of halogens is 1. The lowest BCUT2D eigenvalue weighted by molar-refractivity contribution is 0.533. The largest absolute Gasteiger partial charge is 0.290 e. The summed E-state index contributed by atoms with van der Waals surface area (Å²) in [6.07, 6.45) is 1.94. The van der Waals surface area contributed by atoms with Crippen LogP contribution in [0.4, 0.5) is 0 Å². The van der Waals surface area contributed by atoms with Crippen LogP contribution in [-0.2, 0) is 0 Å². The SMILES string of the molecule is C/C(Br)=C(C)\C=N/C(C)C(C)C. The Bertz CT molecular complexity index is 188. The van der Waals surface area contributed by atoms with Gasteiger partial charge in [0.05, 0.1) is 0 Å². The van der Waals surface area contributed by atoms with Crippen LogP contribution in [0.1, 0.15) is 34.6 Å². The van der Waals surface area contributed by atoms with Gasteiger partial charge in [0.15, 0.2) is 0 Å². The Kier molecular flexibility index (Phi) is 5.47. The number of rotatable bonds is 3. The quantitative estimate of drug-likeness (QED) is 0.656. The van der Waals surface area contributed by atoms with E-state index in [4.69, 9.17) is 0 Å². The fraction of sp³-hybridized carbons (Fsp3) is 0.700. The predicted octanol–water partition coefficient (Wildman–Crippen LogP) is 3.79.